The second-order valence-electron chi connectivity index (χ2n) is 5.51. The van der Waals surface area contributed by atoms with Gasteiger partial charge in [0.05, 0.1) is 0 Å². The van der Waals surface area contributed by atoms with Crippen LogP contribution in [-0.2, 0) is 0 Å². The molecule has 1 aliphatic rings. The average Bonchev–Trinajstić information content (AvgIpc) is 2.34. The molecule has 94 valence electrons. The van der Waals surface area contributed by atoms with E-state index in [-0.39, 0.29) is 0 Å². The molecule has 2 rings (SSSR count). The lowest BCUT2D eigenvalue weighted by Crippen LogP contribution is -2.16. The highest BCUT2D eigenvalue weighted by Gasteiger charge is 2.17. The van der Waals surface area contributed by atoms with Crippen LogP contribution in [0.25, 0.3) is 0 Å². The molecule has 1 aromatic rings. The number of nitrogens with zero attached hydrogens (tertiary/aromatic N) is 1. The summed E-state index contributed by atoms with van der Waals surface area (Å²) in [7, 11) is 0. The van der Waals surface area contributed by atoms with Crippen LogP contribution in [0.1, 0.15) is 44.6 Å². The summed E-state index contributed by atoms with van der Waals surface area (Å²) in [6, 6.07) is 4.10. The Morgan fingerprint density at radius 3 is 2.76 bits per heavy atom. The molecule has 0 radical (unpaired) electrons. The lowest BCUT2D eigenvalue weighted by atomic mass is 9.81. The zero-order chi connectivity index (χ0) is 12.1. The first-order valence-corrected chi connectivity index (χ1v) is 6.91. The van der Waals surface area contributed by atoms with Crippen molar-refractivity contribution in [2.24, 2.45) is 11.8 Å². The molecule has 1 saturated carbocycles. The van der Waals surface area contributed by atoms with E-state index in [4.69, 9.17) is 0 Å². The average molecular weight is 232 g/mol. The van der Waals surface area contributed by atoms with Crippen molar-refractivity contribution in [2.75, 3.05) is 11.9 Å². The Kier molecular flexibility index (Phi) is 4.41. The van der Waals surface area contributed by atoms with Crippen LogP contribution in [0.3, 0.4) is 0 Å². The first-order valence-electron chi connectivity index (χ1n) is 6.91. The predicted molar refractivity (Wildman–Crippen MR) is 73.2 cm³/mol. The molecule has 2 nitrogen and oxygen atoms in total. The Balaban J connectivity index is 1.71. The van der Waals surface area contributed by atoms with Gasteiger partial charge in [-0.1, -0.05) is 38.7 Å². The second-order valence-corrected chi connectivity index (χ2v) is 5.51. The van der Waals surface area contributed by atoms with Gasteiger partial charge in [-0.05, 0) is 36.8 Å². The van der Waals surface area contributed by atoms with E-state index in [1.165, 1.54) is 37.7 Å². The van der Waals surface area contributed by atoms with Gasteiger partial charge >= 0.3 is 0 Å². The number of aryl methyl sites for hydroxylation is 1. The topological polar surface area (TPSA) is 24.9 Å². The Hall–Kier alpha value is -1.05. The molecule has 0 saturated heterocycles. The van der Waals surface area contributed by atoms with Gasteiger partial charge in [-0.3, -0.25) is 0 Å². The first kappa shape index (κ1) is 12.4. The molecule has 0 atom stereocenters. The molecule has 1 fully saturated rings. The van der Waals surface area contributed by atoms with Crippen molar-refractivity contribution in [1.29, 1.82) is 0 Å². The Morgan fingerprint density at radius 2 is 2.06 bits per heavy atom. The zero-order valence-corrected chi connectivity index (χ0v) is 11.1. The largest absolute Gasteiger partial charge is 0.370 e. The normalized spacial score (nSPS) is 24.6. The fourth-order valence-corrected chi connectivity index (χ4v) is 2.68. The molecule has 0 amide bonds. The number of pyridine rings is 1. The summed E-state index contributed by atoms with van der Waals surface area (Å²) in [4.78, 5) is 4.36. The van der Waals surface area contributed by atoms with Gasteiger partial charge < -0.3 is 5.32 Å². The van der Waals surface area contributed by atoms with Crippen LogP contribution in [0.2, 0.25) is 0 Å². The molecular weight excluding hydrogens is 208 g/mol. The van der Waals surface area contributed by atoms with E-state index >= 15 is 0 Å². The van der Waals surface area contributed by atoms with Gasteiger partial charge in [0.15, 0.2) is 0 Å². The minimum Gasteiger partial charge on any atom is -0.370 e. The summed E-state index contributed by atoms with van der Waals surface area (Å²) in [6.45, 7) is 5.56. The van der Waals surface area contributed by atoms with E-state index in [1.807, 2.05) is 12.3 Å². The van der Waals surface area contributed by atoms with E-state index in [0.29, 0.717) is 0 Å². The Labute approximate surface area is 105 Å². The zero-order valence-electron chi connectivity index (χ0n) is 11.1. The fourth-order valence-electron chi connectivity index (χ4n) is 2.68. The van der Waals surface area contributed by atoms with Crippen LogP contribution in [0.5, 0.6) is 0 Å². The number of nitrogens with one attached hydrogen (secondary N) is 1. The Bertz CT molecular complexity index is 341. The third-order valence-electron chi connectivity index (χ3n) is 3.99. The molecule has 1 heterocycles. The van der Waals surface area contributed by atoms with Crippen molar-refractivity contribution in [2.45, 2.75) is 46.0 Å². The number of rotatable bonds is 4. The summed E-state index contributed by atoms with van der Waals surface area (Å²) in [6.07, 6.45) is 8.84. The molecule has 2 heteroatoms. The van der Waals surface area contributed by atoms with Crippen LogP contribution in [0.4, 0.5) is 5.82 Å². The molecule has 17 heavy (non-hydrogen) atoms. The summed E-state index contributed by atoms with van der Waals surface area (Å²) in [5.74, 6) is 2.94. The molecule has 1 N–H and O–H groups in total. The maximum Gasteiger partial charge on any atom is 0.128 e. The molecule has 0 aliphatic heterocycles. The van der Waals surface area contributed by atoms with Crippen LogP contribution in [-0.4, -0.2) is 11.5 Å². The number of hydrogen-bond donors (Lipinski definition) is 1. The van der Waals surface area contributed by atoms with Gasteiger partial charge in [0.25, 0.3) is 0 Å². The van der Waals surface area contributed by atoms with E-state index < -0.39 is 0 Å². The Morgan fingerprint density at radius 1 is 1.29 bits per heavy atom. The van der Waals surface area contributed by atoms with Crippen molar-refractivity contribution in [1.82, 2.24) is 4.98 Å². The number of hydrogen-bond acceptors (Lipinski definition) is 2. The van der Waals surface area contributed by atoms with Crippen molar-refractivity contribution in [3.8, 4) is 0 Å². The third-order valence-corrected chi connectivity index (χ3v) is 3.99. The predicted octanol–water partition coefficient (Wildman–Crippen LogP) is 4.02. The first-order chi connectivity index (χ1) is 8.25. The standard InChI is InChI=1S/C15H24N2/c1-12-5-7-14(8-6-12)9-11-17-15-13(2)4-3-10-16-15/h3-4,10,12,14H,5-9,11H2,1-2H3,(H,16,17). The summed E-state index contributed by atoms with van der Waals surface area (Å²) >= 11 is 0. The van der Waals surface area contributed by atoms with E-state index in [9.17, 15) is 0 Å². The number of anilines is 1. The van der Waals surface area contributed by atoms with Gasteiger partial charge in [-0.15, -0.1) is 0 Å². The van der Waals surface area contributed by atoms with Gasteiger partial charge in [-0.2, -0.15) is 0 Å². The highest BCUT2D eigenvalue weighted by atomic mass is 15.0. The minimum absolute atomic E-state index is 0.933. The molecule has 0 spiro atoms. The third kappa shape index (κ3) is 3.72. The van der Waals surface area contributed by atoms with E-state index in [1.54, 1.807) is 0 Å². The van der Waals surface area contributed by atoms with Crippen molar-refractivity contribution >= 4 is 5.82 Å². The van der Waals surface area contributed by atoms with Crippen LogP contribution in [0, 0.1) is 18.8 Å². The lowest BCUT2D eigenvalue weighted by Gasteiger charge is -2.26. The SMILES string of the molecule is Cc1cccnc1NCCC1CCC(C)CC1. The van der Waals surface area contributed by atoms with Gasteiger partial charge in [0.2, 0.25) is 0 Å². The van der Waals surface area contributed by atoms with Gasteiger partial charge in [-0.25, -0.2) is 4.98 Å². The highest BCUT2D eigenvalue weighted by molar-refractivity contribution is 5.42. The van der Waals surface area contributed by atoms with Crippen molar-refractivity contribution < 1.29 is 0 Å². The van der Waals surface area contributed by atoms with Crippen LogP contribution in [0.15, 0.2) is 18.3 Å². The summed E-state index contributed by atoms with van der Waals surface area (Å²) in [5, 5.41) is 3.46. The fraction of sp³-hybridized carbons (Fsp3) is 0.667. The quantitative estimate of drug-likeness (QED) is 0.848. The molecular formula is C15H24N2. The molecule has 0 aromatic carbocycles. The van der Waals surface area contributed by atoms with E-state index in [2.05, 4.69) is 30.2 Å². The molecule has 1 aliphatic carbocycles. The van der Waals surface area contributed by atoms with Crippen molar-refractivity contribution in [3.05, 3.63) is 23.9 Å². The molecule has 0 bridgehead atoms. The lowest BCUT2D eigenvalue weighted by molar-refractivity contribution is 0.282. The minimum atomic E-state index is 0.933. The number of aromatic nitrogens is 1. The molecule has 1 aromatic heterocycles. The van der Waals surface area contributed by atoms with Crippen LogP contribution < -0.4 is 5.32 Å². The maximum atomic E-state index is 4.36. The molecule has 0 unspecified atom stereocenters. The van der Waals surface area contributed by atoms with Crippen molar-refractivity contribution in [3.63, 3.8) is 0 Å². The van der Waals surface area contributed by atoms with Gasteiger partial charge in [0, 0.05) is 12.7 Å². The highest BCUT2D eigenvalue weighted by Crippen LogP contribution is 2.30. The monoisotopic (exact) mass is 232 g/mol. The summed E-state index contributed by atoms with van der Waals surface area (Å²) < 4.78 is 0. The van der Waals surface area contributed by atoms with E-state index in [0.717, 1.165) is 24.2 Å². The summed E-state index contributed by atoms with van der Waals surface area (Å²) in [5.41, 5.74) is 1.24. The van der Waals surface area contributed by atoms with Crippen LogP contribution >= 0.6 is 0 Å². The second kappa shape index (κ2) is 6.04. The van der Waals surface area contributed by atoms with Gasteiger partial charge in [0.1, 0.15) is 5.82 Å². The maximum absolute atomic E-state index is 4.36. The smallest absolute Gasteiger partial charge is 0.128 e.